The van der Waals surface area contributed by atoms with Crippen LogP contribution in [0.2, 0.25) is 0 Å². The molecule has 0 atom stereocenters. The van der Waals surface area contributed by atoms with Crippen molar-refractivity contribution in [2.24, 2.45) is 0 Å². The molecule has 4 rings (SSSR count). The maximum atomic E-state index is 5.74. The van der Waals surface area contributed by atoms with Crippen molar-refractivity contribution < 1.29 is 4.74 Å². The molecule has 1 saturated carbocycles. The monoisotopic (exact) mass is 267 g/mol. The Kier molecular flexibility index (Phi) is 2.35. The number of aromatic nitrogens is 4. The van der Waals surface area contributed by atoms with E-state index in [-0.39, 0.29) is 5.95 Å². The van der Waals surface area contributed by atoms with Crippen molar-refractivity contribution in [1.29, 1.82) is 0 Å². The minimum absolute atomic E-state index is 0.232. The van der Waals surface area contributed by atoms with E-state index in [1.807, 2.05) is 24.3 Å². The lowest BCUT2D eigenvalue weighted by atomic mass is 10.1. The molecule has 3 N–H and O–H groups in total. The van der Waals surface area contributed by atoms with Crippen LogP contribution in [0.15, 0.2) is 30.5 Å². The molecule has 0 aliphatic heterocycles. The van der Waals surface area contributed by atoms with Gasteiger partial charge in [0.25, 0.3) is 0 Å². The summed E-state index contributed by atoms with van der Waals surface area (Å²) in [6, 6.07) is 7.87. The molecule has 20 heavy (non-hydrogen) atoms. The van der Waals surface area contributed by atoms with Crippen LogP contribution < -0.4 is 10.5 Å². The van der Waals surface area contributed by atoms with E-state index in [0.29, 0.717) is 11.8 Å². The van der Waals surface area contributed by atoms with E-state index in [1.54, 1.807) is 6.20 Å². The molecule has 100 valence electrons. The molecule has 2 heterocycles. The van der Waals surface area contributed by atoms with E-state index >= 15 is 0 Å². The van der Waals surface area contributed by atoms with Gasteiger partial charge in [0.15, 0.2) is 5.65 Å². The molecule has 6 heteroatoms. The highest BCUT2D eigenvalue weighted by molar-refractivity contribution is 5.90. The van der Waals surface area contributed by atoms with Crippen LogP contribution in [0.25, 0.3) is 22.3 Å². The molecular formula is C14H13N5O. The van der Waals surface area contributed by atoms with Crippen molar-refractivity contribution in [2.45, 2.75) is 18.9 Å². The number of benzene rings is 1. The molecule has 0 saturated heterocycles. The van der Waals surface area contributed by atoms with Gasteiger partial charge < -0.3 is 10.5 Å². The van der Waals surface area contributed by atoms with Crippen LogP contribution in [0, 0.1) is 0 Å². The Bertz CT molecular complexity index is 761. The third-order valence-corrected chi connectivity index (χ3v) is 3.28. The molecule has 0 spiro atoms. The average molecular weight is 267 g/mol. The van der Waals surface area contributed by atoms with Gasteiger partial charge in [0, 0.05) is 5.56 Å². The SMILES string of the molecule is Nc1nc(-c2ccc(OC3CC3)cc2)c2cn[nH]c2n1. The van der Waals surface area contributed by atoms with E-state index < -0.39 is 0 Å². The molecule has 3 aromatic rings. The van der Waals surface area contributed by atoms with E-state index in [1.165, 1.54) is 0 Å². The predicted molar refractivity (Wildman–Crippen MR) is 75.2 cm³/mol. The molecule has 0 unspecified atom stereocenters. The molecule has 0 amide bonds. The molecule has 1 aliphatic rings. The number of H-pyrrole nitrogens is 1. The number of rotatable bonds is 3. The van der Waals surface area contributed by atoms with Gasteiger partial charge in [-0.15, -0.1) is 0 Å². The van der Waals surface area contributed by atoms with Gasteiger partial charge >= 0.3 is 0 Å². The minimum Gasteiger partial charge on any atom is -0.490 e. The second kappa shape index (κ2) is 4.19. The summed E-state index contributed by atoms with van der Waals surface area (Å²) < 4.78 is 5.74. The number of nitrogens with one attached hydrogen (secondary N) is 1. The Morgan fingerprint density at radius 3 is 2.70 bits per heavy atom. The number of nitrogens with zero attached hydrogens (tertiary/aromatic N) is 3. The number of hydrogen-bond donors (Lipinski definition) is 2. The largest absolute Gasteiger partial charge is 0.490 e. The van der Waals surface area contributed by atoms with Crippen LogP contribution in [-0.4, -0.2) is 26.3 Å². The number of fused-ring (bicyclic) bond motifs is 1. The van der Waals surface area contributed by atoms with E-state index in [4.69, 9.17) is 10.5 Å². The highest BCUT2D eigenvalue weighted by Gasteiger charge is 2.23. The zero-order valence-corrected chi connectivity index (χ0v) is 10.7. The van der Waals surface area contributed by atoms with Crippen LogP contribution in [0.3, 0.4) is 0 Å². The maximum absolute atomic E-state index is 5.74. The summed E-state index contributed by atoms with van der Waals surface area (Å²) in [6.07, 6.45) is 4.41. The maximum Gasteiger partial charge on any atom is 0.222 e. The first-order valence-electron chi connectivity index (χ1n) is 6.53. The first kappa shape index (κ1) is 11.2. The smallest absolute Gasteiger partial charge is 0.222 e. The quantitative estimate of drug-likeness (QED) is 0.758. The van der Waals surface area contributed by atoms with Gasteiger partial charge in [-0.2, -0.15) is 10.1 Å². The average Bonchev–Trinajstić information content (AvgIpc) is 3.14. The van der Waals surface area contributed by atoms with Crippen molar-refractivity contribution in [3.05, 3.63) is 30.5 Å². The van der Waals surface area contributed by atoms with Crippen LogP contribution in [0.5, 0.6) is 5.75 Å². The highest BCUT2D eigenvalue weighted by atomic mass is 16.5. The fourth-order valence-electron chi connectivity index (χ4n) is 2.14. The normalized spacial score (nSPS) is 14.6. The molecule has 0 radical (unpaired) electrons. The lowest BCUT2D eigenvalue weighted by Gasteiger charge is -2.06. The number of hydrogen-bond acceptors (Lipinski definition) is 5. The van der Waals surface area contributed by atoms with Crippen LogP contribution >= 0.6 is 0 Å². The summed E-state index contributed by atoms with van der Waals surface area (Å²) in [4.78, 5) is 8.42. The van der Waals surface area contributed by atoms with Crippen molar-refractivity contribution in [2.75, 3.05) is 5.73 Å². The lowest BCUT2D eigenvalue weighted by molar-refractivity contribution is 0.303. The Morgan fingerprint density at radius 2 is 1.95 bits per heavy atom. The van der Waals surface area contributed by atoms with Gasteiger partial charge in [0.05, 0.1) is 23.4 Å². The molecule has 1 aliphatic carbocycles. The second-order valence-electron chi connectivity index (χ2n) is 4.90. The first-order valence-corrected chi connectivity index (χ1v) is 6.53. The Labute approximate surface area is 115 Å². The predicted octanol–water partition coefficient (Wildman–Crippen LogP) is 2.14. The molecule has 0 bridgehead atoms. The zero-order chi connectivity index (χ0) is 13.5. The molecule has 2 aromatic heterocycles. The van der Waals surface area contributed by atoms with Gasteiger partial charge in [-0.1, -0.05) is 0 Å². The Balaban J connectivity index is 1.75. The van der Waals surface area contributed by atoms with Gasteiger partial charge in [0.2, 0.25) is 5.95 Å². The summed E-state index contributed by atoms with van der Waals surface area (Å²) in [5, 5.41) is 7.65. The van der Waals surface area contributed by atoms with E-state index in [2.05, 4.69) is 20.2 Å². The van der Waals surface area contributed by atoms with Gasteiger partial charge in [-0.25, -0.2) is 4.98 Å². The second-order valence-corrected chi connectivity index (χ2v) is 4.90. The van der Waals surface area contributed by atoms with E-state index in [0.717, 1.165) is 35.2 Å². The summed E-state index contributed by atoms with van der Waals surface area (Å²) in [5.74, 6) is 1.12. The summed E-state index contributed by atoms with van der Waals surface area (Å²) in [6.45, 7) is 0. The standard InChI is InChI=1S/C14H13N5O/c15-14-17-12(11-7-16-19-13(11)18-14)8-1-3-9(4-2-8)20-10-5-6-10/h1-4,7,10H,5-6H2,(H3,15,16,17,18,19). The summed E-state index contributed by atoms with van der Waals surface area (Å²) in [7, 11) is 0. The Hall–Kier alpha value is -2.63. The van der Waals surface area contributed by atoms with Crippen molar-refractivity contribution in [3.8, 4) is 17.0 Å². The summed E-state index contributed by atoms with van der Waals surface area (Å²) >= 11 is 0. The third kappa shape index (κ3) is 1.95. The van der Waals surface area contributed by atoms with Gasteiger partial charge in [0.1, 0.15) is 5.75 Å². The molecular weight excluding hydrogens is 254 g/mol. The number of anilines is 1. The Morgan fingerprint density at radius 1 is 1.15 bits per heavy atom. The topological polar surface area (TPSA) is 89.7 Å². The number of ether oxygens (including phenoxy) is 1. The van der Waals surface area contributed by atoms with Crippen molar-refractivity contribution >= 4 is 17.0 Å². The lowest BCUT2D eigenvalue weighted by Crippen LogP contribution is -1.98. The number of aromatic amines is 1. The van der Waals surface area contributed by atoms with Crippen LogP contribution in [-0.2, 0) is 0 Å². The van der Waals surface area contributed by atoms with Gasteiger partial charge in [-0.05, 0) is 37.1 Å². The highest BCUT2D eigenvalue weighted by Crippen LogP contribution is 2.30. The molecule has 1 fully saturated rings. The van der Waals surface area contributed by atoms with Gasteiger partial charge in [-0.3, -0.25) is 5.10 Å². The number of nitrogens with two attached hydrogens (primary N) is 1. The molecule has 6 nitrogen and oxygen atoms in total. The number of nitrogen functional groups attached to an aromatic ring is 1. The fraction of sp³-hybridized carbons (Fsp3) is 0.214. The van der Waals surface area contributed by atoms with Crippen LogP contribution in [0.4, 0.5) is 5.95 Å². The van der Waals surface area contributed by atoms with Crippen molar-refractivity contribution in [3.63, 3.8) is 0 Å². The first-order chi connectivity index (χ1) is 9.79. The van der Waals surface area contributed by atoms with E-state index in [9.17, 15) is 0 Å². The molecule has 1 aromatic carbocycles. The minimum atomic E-state index is 0.232. The van der Waals surface area contributed by atoms with Crippen molar-refractivity contribution in [1.82, 2.24) is 20.2 Å². The summed E-state index contributed by atoms with van der Waals surface area (Å²) in [5.41, 5.74) is 8.12. The third-order valence-electron chi connectivity index (χ3n) is 3.28. The fourth-order valence-corrected chi connectivity index (χ4v) is 2.14. The zero-order valence-electron chi connectivity index (χ0n) is 10.7. The van der Waals surface area contributed by atoms with Crippen LogP contribution in [0.1, 0.15) is 12.8 Å².